The largest absolute Gasteiger partial charge is 0.352 e. The summed E-state index contributed by atoms with van der Waals surface area (Å²) in [6.45, 7) is 2.78. The Balaban J connectivity index is 1.09. The van der Waals surface area contributed by atoms with E-state index in [2.05, 4.69) is 20.2 Å². The predicted molar refractivity (Wildman–Crippen MR) is 211 cm³/mol. The number of aromatic nitrogens is 4. The smallest absolute Gasteiger partial charge is 0.320 e. The lowest BCUT2D eigenvalue weighted by molar-refractivity contribution is -0.186. The Kier molecular flexibility index (Phi) is 12.3. The fourth-order valence-corrected chi connectivity index (χ4v) is 7.98. The van der Waals surface area contributed by atoms with E-state index >= 15 is 0 Å². The molecule has 2 aromatic heterocycles. The van der Waals surface area contributed by atoms with Gasteiger partial charge in [-0.2, -0.15) is 0 Å². The molecular weight excluding hydrogens is 786 g/mol. The molecule has 5 aromatic rings. The normalized spacial score (nSPS) is 20.1. The van der Waals surface area contributed by atoms with Crippen molar-refractivity contribution in [3.05, 3.63) is 140 Å². The molecule has 55 heavy (non-hydrogen) atoms. The number of carbonyl (C=O) groups is 2. The van der Waals surface area contributed by atoms with E-state index in [1.807, 2.05) is 58.8 Å². The minimum Gasteiger partial charge on any atom is -0.352 e. The highest BCUT2D eigenvalue weighted by Crippen LogP contribution is 2.40. The number of amides is 3. The Morgan fingerprint density at radius 3 is 2.29 bits per heavy atom. The van der Waals surface area contributed by atoms with Crippen LogP contribution in [0, 0.1) is 0 Å². The van der Waals surface area contributed by atoms with E-state index in [1.54, 1.807) is 65.2 Å². The molecule has 2 saturated heterocycles. The lowest BCUT2D eigenvalue weighted by Crippen LogP contribution is -2.61. The molecule has 0 saturated carbocycles. The van der Waals surface area contributed by atoms with Gasteiger partial charge in [-0.05, 0) is 47.5 Å². The van der Waals surface area contributed by atoms with Gasteiger partial charge in [-0.1, -0.05) is 76.7 Å². The number of carbonyl (C=O) groups excluding carboxylic acids is 2. The quantitative estimate of drug-likeness (QED) is 0.151. The van der Waals surface area contributed by atoms with Gasteiger partial charge in [-0.25, -0.2) is 14.8 Å². The Morgan fingerprint density at radius 2 is 1.65 bits per heavy atom. The molecule has 7 rings (SSSR count). The van der Waals surface area contributed by atoms with Crippen molar-refractivity contribution in [2.24, 2.45) is 7.05 Å². The Morgan fingerprint density at radius 1 is 0.927 bits per heavy atom. The van der Waals surface area contributed by atoms with E-state index in [0.29, 0.717) is 58.4 Å². The van der Waals surface area contributed by atoms with Gasteiger partial charge in [0.05, 0.1) is 36.5 Å². The summed E-state index contributed by atoms with van der Waals surface area (Å²) >= 11 is 25.5. The topological polar surface area (TPSA) is 110 Å². The molecule has 0 bridgehead atoms. The maximum absolute atomic E-state index is 14.4. The van der Waals surface area contributed by atoms with Crippen molar-refractivity contribution in [3.8, 4) is 0 Å². The zero-order valence-corrected chi connectivity index (χ0v) is 33.1. The molecule has 0 radical (unpaired) electrons. The van der Waals surface area contributed by atoms with Crippen molar-refractivity contribution >= 4 is 58.3 Å². The Bertz CT molecular complexity index is 2070. The van der Waals surface area contributed by atoms with Gasteiger partial charge in [0.25, 0.3) is 0 Å². The van der Waals surface area contributed by atoms with Crippen LogP contribution in [0.25, 0.3) is 0 Å². The number of nitrogens with zero attached hydrogens (tertiary/aromatic N) is 7. The summed E-state index contributed by atoms with van der Waals surface area (Å²) in [5.41, 5.74) is 3.33. The summed E-state index contributed by atoms with van der Waals surface area (Å²) in [7, 11) is 1.92. The van der Waals surface area contributed by atoms with Crippen LogP contribution in [0.3, 0.4) is 0 Å². The molecule has 3 atom stereocenters. The van der Waals surface area contributed by atoms with Crippen LogP contribution in [-0.4, -0.2) is 90.7 Å². The maximum atomic E-state index is 14.4. The molecular formula is C39H40Cl4N8O4. The Labute approximate surface area is 339 Å². The number of benzene rings is 3. The van der Waals surface area contributed by atoms with E-state index < -0.39 is 17.9 Å². The summed E-state index contributed by atoms with van der Waals surface area (Å²) in [5, 5.41) is 5.16. The number of halogens is 4. The highest BCUT2D eigenvalue weighted by atomic mass is 35.5. The molecule has 2 aliphatic rings. The number of urea groups is 1. The third kappa shape index (κ3) is 9.46. The van der Waals surface area contributed by atoms with E-state index in [4.69, 9.17) is 55.9 Å². The first-order valence-electron chi connectivity index (χ1n) is 17.8. The third-order valence-electron chi connectivity index (χ3n) is 9.80. The summed E-state index contributed by atoms with van der Waals surface area (Å²) in [5.74, 6) is -1.48. The molecule has 3 amide bonds. The van der Waals surface area contributed by atoms with E-state index in [9.17, 15) is 9.59 Å². The fraction of sp³-hybridized carbons (Fsp3) is 0.333. The van der Waals surface area contributed by atoms with Crippen LogP contribution in [0.1, 0.15) is 22.4 Å². The molecule has 1 N–H and O–H groups in total. The standard InChI is InChI=1S/C39H40Cl4N8O4/c1-47-25-45-17-32(47)21-49-12-13-50(38(53)51(19-27-4-2-6-29(40)14-27)20-28-5-3-7-30(41)15-28)22-36(49)37(52)46-18-33-23-54-39(55-33,24-48-11-10-44-26-48)34-9-8-31(42)16-35(34)43/h2-11,14-17,25-26,33,36H,12-13,18-24H2,1H3,(H,46,52)/t33-,36-,39-/m1/s1. The summed E-state index contributed by atoms with van der Waals surface area (Å²) in [4.78, 5) is 42.7. The number of nitrogens with one attached hydrogen (secondary N) is 1. The van der Waals surface area contributed by atoms with Gasteiger partial charge in [-0.3, -0.25) is 9.69 Å². The van der Waals surface area contributed by atoms with Gasteiger partial charge in [0.15, 0.2) is 0 Å². The first-order chi connectivity index (χ1) is 26.5. The molecule has 0 unspecified atom stereocenters. The number of aryl methyl sites for hydroxylation is 1. The van der Waals surface area contributed by atoms with Gasteiger partial charge in [-0.15, -0.1) is 0 Å². The molecule has 2 aliphatic heterocycles. The van der Waals surface area contributed by atoms with Crippen molar-refractivity contribution in [1.29, 1.82) is 0 Å². The van der Waals surface area contributed by atoms with Gasteiger partial charge in [0.2, 0.25) is 11.7 Å². The van der Waals surface area contributed by atoms with Crippen molar-refractivity contribution < 1.29 is 19.1 Å². The average molecular weight is 827 g/mol. The molecule has 0 aliphatic carbocycles. The zero-order chi connectivity index (χ0) is 38.5. The highest BCUT2D eigenvalue weighted by molar-refractivity contribution is 6.35. The predicted octanol–water partition coefficient (Wildman–Crippen LogP) is 6.62. The second-order valence-electron chi connectivity index (χ2n) is 13.7. The van der Waals surface area contributed by atoms with E-state index in [1.165, 1.54) is 0 Å². The average Bonchev–Trinajstić information content (AvgIpc) is 3.93. The summed E-state index contributed by atoms with van der Waals surface area (Å²) in [6, 6.07) is 19.2. The van der Waals surface area contributed by atoms with Crippen LogP contribution >= 0.6 is 46.4 Å². The van der Waals surface area contributed by atoms with Gasteiger partial charge in [0.1, 0.15) is 12.1 Å². The van der Waals surface area contributed by atoms with Crippen LogP contribution in [0.5, 0.6) is 0 Å². The molecule has 12 nitrogen and oxygen atoms in total. The van der Waals surface area contributed by atoms with Crippen molar-refractivity contribution in [2.45, 2.75) is 44.1 Å². The van der Waals surface area contributed by atoms with Crippen molar-refractivity contribution in [1.82, 2.24) is 39.1 Å². The van der Waals surface area contributed by atoms with Crippen molar-refractivity contribution in [3.63, 3.8) is 0 Å². The van der Waals surface area contributed by atoms with Crippen molar-refractivity contribution in [2.75, 3.05) is 32.8 Å². The molecule has 4 heterocycles. The molecule has 288 valence electrons. The number of piperazine rings is 1. The summed E-state index contributed by atoms with van der Waals surface area (Å²) in [6.07, 6.45) is 8.17. The number of hydrogen-bond acceptors (Lipinski definition) is 7. The van der Waals surface area contributed by atoms with E-state index in [-0.39, 0.29) is 38.2 Å². The van der Waals surface area contributed by atoms with Crippen LogP contribution < -0.4 is 5.32 Å². The first kappa shape index (κ1) is 39.1. The van der Waals surface area contributed by atoms with E-state index in [0.717, 1.165) is 16.8 Å². The van der Waals surface area contributed by atoms with Crippen LogP contribution in [0.15, 0.2) is 98.0 Å². The number of rotatable bonds is 12. The molecule has 2 fully saturated rings. The molecule has 0 spiro atoms. The van der Waals surface area contributed by atoms with Crippen LogP contribution in [-0.2, 0) is 53.3 Å². The second-order valence-corrected chi connectivity index (χ2v) is 15.5. The van der Waals surface area contributed by atoms with Crippen LogP contribution in [0.4, 0.5) is 4.79 Å². The second kappa shape index (κ2) is 17.3. The lowest BCUT2D eigenvalue weighted by Gasteiger charge is -2.42. The number of hydrogen-bond donors (Lipinski definition) is 1. The van der Waals surface area contributed by atoms with Gasteiger partial charge in [0, 0.05) is 92.1 Å². The zero-order valence-electron chi connectivity index (χ0n) is 30.0. The Hall–Kier alpha value is -4.14. The maximum Gasteiger partial charge on any atom is 0.320 e. The highest BCUT2D eigenvalue weighted by Gasteiger charge is 2.45. The number of imidazole rings is 2. The minimum atomic E-state index is -1.24. The lowest BCUT2D eigenvalue weighted by atomic mass is 10.1. The van der Waals surface area contributed by atoms with Gasteiger partial charge < -0.3 is 33.7 Å². The minimum absolute atomic E-state index is 0.162. The molecule has 16 heteroatoms. The number of ether oxygens (including phenoxy) is 2. The fourth-order valence-electron chi connectivity index (χ4n) is 7.01. The summed E-state index contributed by atoms with van der Waals surface area (Å²) < 4.78 is 16.7. The monoisotopic (exact) mass is 824 g/mol. The molecule has 3 aromatic carbocycles. The van der Waals surface area contributed by atoms with Gasteiger partial charge >= 0.3 is 6.03 Å². The SMILES string of the molecule is Cn1cncc1CN1CCN(C(=O)N(Cc2cccc(Cl)c2)Cc2cccc(Cl)c2)C[C@@H]1C(=O)NC[C@@H]1CO[C@@](Cn2ccnc2)(c2ccc(Cl)cc2Cl)O1. The first-order valence-corrected chi connectivity index (χ1v) is 19.3. The van der Waals surface area contributed by atoms with Crippen LogP contribution in [0.2, 0.25) is 20.1 Å². The third-order valence-corrected chi connectivity index (χ3v) is 10.8.